The fourth-order valence-corrected chi connectivity index (χ4v) is 4.77. The minimum absolute atomic E-state index is 0.340. The van der Waals surface area contributed by atoms with Gasteiger partial charge in [0.2, 0.25) is 0 Å². The Hall–Kier alpha value is -2.83. The zero-order chi connectivity index (χ0) is 24.7. The highest BCUT2D eigenvalue weighted by Gasteiger charge is 2.31. The lowest BCUT2D eigenvalue weighted by molar-refractivity contribution is -0.0170. The molecule has 1 N–H and O–H groups in total. The highest BCUT2D eigenvalue weighted by atomic mass is 16.5. The van der Waals surface area contributed by atoms with Crippen LogP contribution < -0.4 is 9.47 Å². The Morgan fingerprint density at radius 2 is 1.91 bits per heavy atom. The number of nitrogens with zero attached hydrogens (tertiary/aromatic N) is 3. The second-order valence-corrected chi connectivity index (χ2v) is 9.93. The Labute approximate surface area is 209 Å². The third-order valence-electron chi connectivity index (χ3n) is 6.88. The SMILES string of the molecule is Cc1ccc(OCC2(O)CCCN(Cc3cccc(OCCCn4ccnc4C)c3)CC2)c(C)c1. The summed E-state index contributed by atoms with van der Waals surface area (Å²) in [6, 6.07) is 14.6. The van der Waals surface area contributed by atoms with Crippen molar-refractivity contribution in [3.63, 3.8) is 0 Å². The van der Waals surface area contributed by atoms with Crippen LogP contribution in [0.15, 0.2) is 54.9 Å². The van der Waals surface area contributed by atoms with Crippen LogP contribution in [0, 0.1) is 20.8 Å². The second kappa shape index (κ2) is 11.7. The average Bonchev–Trinajstić information content (AvgIpc) is 3.15. The van der Waals surface area contributed by atoms with Crippen LogP contribution in [0.25, 0.3) is 0 Å². The van der Waals surface area contributed by atoms with E-state index < -0.39 is 5.60 Å². The van der Waals surface area contributed by atoms with Gasteiger partial charge in [-0.1, -0.05) is 29.8 Å². The number of rotatable bonds is 10. The molecule has 1 unspecified atom stereocenters. The first-order chi connectivity index (χ1) is 16.9. The maximum Gasteiger partial charge on any atom is 0.122 e. The molecule has 1 atom stereocenters. The summed E-state index contributed by atoms with van der Waals surface area (Å²) in [4.78, 5) is 6.69. The van der Waals surface area contributed by atoms with Crippen LogP contribution in [-0.4, -0.2) is 51.5 Å². The Bertz CT molecular complexity index is 1100. The number of hydrogen-bond donors (Lipinski definition) is 1. The van der Waals surface area contributed by atoms with E-state index >= 15 is 0 Å². The molecule has 2 aromatic carbocycles. The van der Waals surface area contributed by atoms with Gasteiger partial charge in [0.25, 0.3) is 0 Å². The van der Waals surface area contributed by atoms with Gasteiger partial charge in [0, 0.05) is 32.0 Å². The smallest absolute Gasteiger partial charge is 0.122 e. The fourth-order valence-electron chi connectivity index (χ4n) is 4.77. The largest absolute Gasteiger partial charge is 0.494 e. The van der Waals surface area contributed by atoms with Gasteiger partial charge >= 0.3 is 0 Å². The Morgan fingerprint density at radius 1 is 1.03 bits per heavy atom. The predicted octanol–water partition coefficient (Wildman–Crippen LogP) is 5.07. The zero-order valence-electron chi connectivity index (χ0n) is 21.4. The lowest BCUT2D eigenvalue weighted by Crippen LogP contribution is -2.37. The van der Waals surface area contributed by atoms with Crippen molar-refractivity contribution in [1.82, 2.24) is 14.5 Å². The summed E-state index contributed by atoms with van der Waals surface area (Å²) < 4.78 is 14.2. The van der Waals surface area contributed by atoms with E-state index in [1.54, 1.807) is 0 Å². The number of aromatic nitrogens is 2. The number of imidazole rings is 1. The molecule has 0 saturated carbocycles. The van der Waals surface area contributed by atoms with Crippen LogP contribution >= 0.6 is 0 Å². The van der Waals surface area contributed by atoms with Gasteiger partial charge in [-0.25, -0.2) is 4.98 Å². The lowest BCUT2D eigenvalue weighted by atomic mass is 9.96. The Kier molecular flexibility index (Phi) is 8.47. The summed E-state index contributed by atoms with van der Waals surface area (Å²) in [5.41, 5.74) is 2.79. The quantitative estimate of drug-likeness (QED) is 0.413. The van der Waals surface area contributed by atoms with E-state index in [0.717, 1.165) is 68.3 Å². The van der Waals surface area contributed by atoms with Gasteiger partial charge < -0.3 is 19.1 Å². The molecule has 0 bridgehead atoms. The van der Waals surface area contributed by atoms with Gasteiger partial charge in [-0.3, -0.25) is 4.90 Å². The highest BCUT2D eigenvalue weighted by Crippen LogP contribution is 2.27. The molecule has 1 aliphatic rings. The van der Waals surface area contributed by atoms with Gasteiger partial charge in [-0.2, -0.15) is 0 Å². The minimum atomic E-state index is -0.787. The van der Waals surface area contributed by atoms with Gasteiger partial charge in [0.15, 0.2) is 0 Å². The van der Waals surface area contributed by atoms with Crippen molar-refractivity contribution >= 4 is 0 Å². The standard InChI is InChI=1S/C29H39N3O3/c1-23-9-10-28(24(2)19-23)35-22-29(33)11-5-14-31(16-12-29)21-26-7-4-8-27(20-26)34-18-6-15-32-17-13-30-25(32)3/h4,7-10,13,17,19-20,33H,5-6,11-12,14-16,18,21-22H2,1-3H3. The molecule has 0 amide bonds. The third kappa shape index (κ3) is 7.33. The van der Waals surface area contributed by atoms with Crippen LogP contribution in [0.5, 0.6) is 11.5 Å². The van der Waals surface area contributed by atoms with Crippen LogP contribution in [0.3, 0.4) is 0 Å². The van der Waals surface area contributed by atoms with E-state index in [4.69, 9.17) is 9.47 Å². The van der Waals surface area contributed by atoms with Crippen LogP contribution in [0.4, 0.5) is 0 Å². The monoisotopic (exact) mass is 477 g/mol. The van der Waals surface area contributed by atoms with E-state index in [-0.39, 0.29) is 0 Å². The minimum Gasteiger partial charge on any atom is -0.494 e. The molecule has 6 nitrogen and oxygen atoms in total. The number of ether oxygens (including phenoxy) is 2. The maximum absolute atomic E-state index is 11.2. The molecule has 1 aliphatic heterocycles. The van der Waals surface area contributed by atoms with Gasteiger partial charge in [-0.05, 0) is 82.3 Å². The summed E-state index contributed by atoms with van der Waals surface area (Å²) in [6.45, 7) is 10.8. The molecule has 35 heavy (non-hydrogen) atoms. The molecule has 6 heteroatoms. The van der Waals surface area contributed by atoms with E-state index in [1.807, 2.05) is 31.5 Å². The molecule has 0 spiro atoms. The van der Waals surface area contributed by atoms with Crippen LogP contribution in [0.1, 0.15) is 48.2 Å². The van der Waals surface area contributed by atoms with Crippen molar-refractivity contribution in [2.24, 2.45) is 0 Å². The normalized spacial score (nSPS) is 18.9. The predicted molar refractivity (Wildman–Crippen MR) is 139 cm³/mol. The molecule has 1 aromatic heterocycles. The Balaban J connectivity index is 1.24. The van der Waals surface area contributed by atoms with Crippen molar-refractivity contribution in [3.05, 3.63) is 77.4 Å². The molecule has 188 valence electrons. The van der Waals surface area contributed by atoms with E-state index in [9.17, 15) is 5.11 Å². The fraction of sp³-hybridized carbons (Fsp3) is 0.483. The molecular formula is C29H39N3O3. The molecule has 1 fully saturated rings. The molecule has 3 aromatic rings. The van der Waals surface area contributed by atoms with E-state index in [0.29, 0.717) is 19.6 Å². The van der Waals surface area contributed by atoms with Gasteiger partial charge in [0.1, 0.15) is 23.9 Å². The molecule has 2 heterocycles. The average molecular weight is 478 g/mol. The summed E-state index contributed by atoms with van der Waals surface area (Å²) in [5.74, 6) is 2.81. The van der Waals surface area contributed by atoms with E-state index in [1.165, 1.54) is 11.1 Å². The first kappa shape index (κ1) is 25.3. The lowest BCUT2D eigenvalue weighted by Gasteiger charge is -2.27. The van der Waals surface area contributed by atoms with Crippen molar-refractivity contribution in [3.8, 4) is 11.5 Å². The van der Waals surface area contributed by atoms with Crippen molar-refractivity contribution in [1.29, 1.82) is 0 Å². The number of aryl methyl sites for hydroxylation is 4. The summed E-state index contributed by atoms with van der Waals surface area (Å²) in [5, 5.41) is 11.2. The number of aliphatic hydroxyl groups is 1. The number of likely N-dealkylation sites (tertiary alicyclic amines) is 1. The zero-order valence-corrected chi connectivity index (χ0v) is 21.4. The molecule has 1 saturated heterocycles. The first-order valence-electron chi connectivity index (χ1n) is 12.7. The van der Waals surface area contributed by atoms with Crippen molar-refractivity contribution < 1.29 is 14.6 Å². The van der Waals surface area contributed by atoms with Crippen LogP contribution in [0.2, 0.25) is 0 Å². The number of hydrogen-bond acceptors (Lipinski definition) is 5. The van der Waals surface area contributed by atoms with E-state index in [2.05, 4.69) is 58.6 Å². The van der Waals surface area contributed by atoms with Gasteiger partial charge in [0.05, 0.1) is 12.2 Å². The second-order valence-electron chi connectivity index (χ2n) is 9.93. The Morgan fingerprint density at radius 3 is 2.71 bits per heavy atom. The third-order valence-corrected chi connectivity index (χ3v) is 6.88. The maximum atomic E-state index is 11.2. The topological polar surface area (TPSA) is 59.8 Å². The number of benzene rings is 2. The summed E-state index contributed by atoms with van der Waals surface area (Å²) in [7, 11) is 0. The van der Waals surface area contributed by atoms with Crippen molar-refractivity contribution in [2.75, 3.05) is 26.3 Å². The highest BCUT2D eigenvalue weighted by molar-refractivity contribution is 5.35. The van der Waals surface area contributed by atoms with Crippen LogP contribution in [-0.2, 0) is 13.1 Å². The molecule has 4 rings (SSSR count). The summed E-state index contributed by atoms with van der Waals surface area (Å²) >= 11 is 0. The van der Waals surface area contributed by atoms with Crippen molar-refractivity contribution in [2.45, 2.75) is 65.1 Å². The van der Waals surface area contributed by atoms with Gasteiger partial charge in [-0.15, -0.1) is 0 Å². The molecule has 0 radical (unpaired) electrons. The molecular weight excluding hydrogens is 438 g/mol. The molecule has 0 aliphatic carbocycles. The summed E-state index contributed by atoms with van der Waals surface area (Å²) in [6.07, 6.45) is 7.21. The first-order valence-corrected chi connectivity index (χ1v) is 12.7.